The van der Waals surface area contributed by atoms with Gasteiger partial charge < -0.3 is 13.3 Å². The van der Waals surface area contributed by atoms with E-state index in [1.807, 2.05) is 0 Å². The maximum atomic E-state index is 4.74. The van der Waals surface area contributed by atoms with Gasteiger partial charge in [-0.1, -0.05) is 0 Å². The fourth-order valence-electron chi connectivity index (χ4n) is 0.289. The normalized spacial score (nSPS) is 8.67. The summed E-state index contributed by atoms with van der Waals surface area (Å²) in [7, 11) is 3.05. The molecule has 5 heteroatoms. The maximum absolute atomic E-state index is 4.74. The van der Waals surface area contributed by atoms with Gasteiger partial charge in [0.25, 0.3) is 0 Å². The molecule has 0 unspecified atom stereocenters. The molecule has 0 rings (SSSR count). The van der Waals surface area contributed by atoms with Gasteiger partial charge in [-0.15, -0.1) is 0 Å². The van der Waals surface area contributed by atoms with Crippen LogP contribution in [0.5, 0.6) is 0 Å². The molecule has 9 heavy (non-hydrogen) atoms. The Morgan fingerprint density at radius 2 is 1.11 bits per heavy atom. The molecule has 0 fully saturated rings. The lowest BCUT2D eigenvalue weighted by molar-refractivity contribution is 0.163. The van der Waals surface area contributed by atoms with E-state index in [-0.39, 0.29) is 0 Å². The first kappa shape index (κ1) is 12.2. The molecule has 0 aromatic rings. The van der Waals surface area contributed by atoms with Crippen molar-refractivity contribution in [1.29, 1.82) is 0 Å². The van der Waals surface area contributed by atoms with Crippen molar-refractivity contribution in [3.05, 3.63) is 0 Å². The molecule has 0 spiro atoms. The molecular formula is C4H14O3SSi. The van der Waals surface area contributed by atoms with Gasteiger partial charge in [0.2, 0.25) is 0 Å². The van der Waals surface area contributed by atoms with E-state index >= 15 is 0 Å². The first-order chi connectivity index (χ1) is 4.35. The van der Waals surface area contributed by atoms with Crippen molar-refractivity contribution >= 4 is 22.2 Å². The molecule has 58 valence electrons. The third-order valence-corrected chi connectivity index (χ3v) is 1.73. The highest BCUT2D eigenvalue weighted by Crippen LogP contribution is 1.81. The Morgan fingerprint density at radius 1 is 0.889 bits per heavy atom. The summed E-state index contributed by atoms with van der Waals surface area (Å²) >= 11 is 3.53. The van der Waals surface area contributed by atoms with Crippen LogP contribution in [0.2, 0.25) is 0 Å². The molecule has 0 amide bonds. The van der Waals surface area contributed by atoms with Crippen LogP contribution in [-0.2, 0) is 13.3 Å². The van der Waals surface area contributed by atoms with Gasteiger partial charge in [-0.2, -0.15) is 12.6 Å². The van der Waals surface area contributed by atoms with Crippen LogP contribution >= 0.6 is 12.6 Å². The van der Waals surface area contributed by atoms with Crippen molar-refractivity contribution in [2.75, 3.05) is 27.6 Å². The Hall–Kier alpha value is 0.447. The van der Waals surface area contributed by atoms with Crippen LogP contribution in [0.1, 0.15) is 0 Å². The maximum Gasteiger partial charge on any atom is 0.483 e. The van der Waals surface area contributed by atoms with E-state index in [9.17, 15) is 0 Å². The van der Waals surface area contributed by atoms with Gasteiger partial charge in [-0.25, -0.2) is 0 Å². The molecule has 0 aromatic heterocycles. The second-order valence-corrected chi connectivity index (χ2v) is 2.99. The minimum Gasteiger partial charge on any atom is -0.379 e. The number of hydrogen-bond acceptors (Lipinski definition) is 4. The van der Waals surface area contributed by atoms with Crippen molar-refractivity contribution in [3.8, 4) is 0 Å². The summed E-state index contributed by atoms with van der Waals surface area (Å²) in [5, 5.41) is 0. The van der Waals surface area contributed by atoms with E-state index < -0.39 is 9.53 Å². The number of hydrogen-bond donors (Lipinski definition) is 1. The highest BCUT2D eigenvalue weighted by Gasteiger charge is 2.04. The first-order valence-corrected chi connectivity index (χ1v) is 4.69. The summed E-state index contributed by atoms with van der Waals surface area (Å²) in [5.41, 5.74) is 0. The molecule has 0 radical (unpaired) electrons. The fourth-order valence-corrected chi connectivity index (χ4v) is 0.866. The summed E-state index contributed by atoms with van der Waals surface area (Å²) in [5.74, 6) is 0. The zero-order valence-corrected chi connectivity index (χ0v) is 8.30. The van der Waals surface area contributed by atoms with Gasteiger partial charge in [-0.05, 0) is 6.26 Å². The second-order valence-electron chi connectivity index (χ2n) is 0.996. The van der Waals surface area contributed by atoms with Crippen molar-refractivity contribution in [2.24, 2.45) is 0 Å². The summed E-state index contributed by atoms with van der Waals surface area (Å²) in [4.78, 5) is 0. The largest absolute Gasteiger partial charge is 0.483 e. The molecule has 0 bridgehead atoms. The van der Waals surface area contributed by atoms with Gasteiger partial charge in [0, 0.05) is 21.3 Å². The fraction of sp³-hybridized carbons (Fsp3) is 1.00. The molecule has 0 aliphatic rings. The van der Waals surface area contributed by atoms with Gasteiger partial charge in [0.15, 0.2) is 0 Å². The molecule has 0 aromatic carbocycles. The van der Waals surface area contributed by atoms with Crippen LogP contribution in [0, 0.1) is 0 Å². The number of rotatable bonds is 3. The van der Waals surface area contributed by atoms with Crippen LogP contribution in [0.15, 0.2) is 0 Å². The van der Waals surface area contributed by atoms with Gasteiger partial charge in [0.05, 0.1) is 0 Å². The monoisotopic (exact) mass is 170 g/mol. The Labute approximate surface area is 63.7 Å². The van der Waals surface area contributed by atoms with Crippen molar-refractivity contribution in [2.45, 2.75) is 0 Å². The summed E-state index contributed by atoms with van der Waals surface area (Å²) < 4.78 is 14.2. The quantitative estimate of drug-likeness (QED) is 0.484. The zero-order chi connectivity index (χ0) is 7.70. The van der Waals surface area contributed by atoms with E-state index in [0.717, 1.165) is 0 Å². The second kappa shape index (κ2) is 11.3. The van der Waals surface area contributed by atoms with Crippen LogP contribution in [-0.4, -0.2) is 37.1 Å². The average Bonchev–Trinajstić information content (AvgIpc) is 1.96. The van der Waals surface area contributed by atoms with Gasteiger partial charge in [-0.3, -0.25) is 0 Å². The standard InChI is InChI=1S/C3H10O3Si.CH4S/c1-4-7(5-2)6-3;1-2/h7H,1-3H3;2H,1H3. The summed E-state index contributed by atoms with van der Waals surface area (Å²) in [6.45, 7) is 0. The molecule has 0 aliphatic carbocycles. The van der Waals surface area contributed by atoms with E-state index in [1.165, 1.54) is 0 Å². The Kier molecular flexibility index (Phi) is 15.2. The highest BCUT2D eigenvalue weighted by atomic mass is 32.1. The summed E-state index contributed by atoms with van der Waals surface area (Å²) in [6.07, 6.45) is 1.69. The smallest absolute Gasteiger partial charge is 0.379 e. The van der Waals surface area contributed by atoms with E-state index in [0.29, 0.717) is 0 Å². The SMILES string of the molecule is CO[SiH](OC)OC.CS. The third-order valence-electron chi connectivity index (χ3n) is 0.577. The number of thiol groups is 1. The van der Waals surface area contributed by atoms with Crippen LogP contribution < -0.4 is 0 Å². The van der Waals surface area contributed by atoms with E-state index in [2.05, 4.69) is 12.6 Å². The molecule has 0 aliphatic heterocycles. The van der Waals surface area contributed by atoms with Crippen molar-refractivity contribution < 1.29 is 13.3 Å². The van der Waals surface area contributed by atoms with E-state index in [4.69, 9.17) is 13.3 Å². The average molecular weight is 170 g/mol. The molecule has 0 atom stereocenters. The molecule has 0 saturated carbocycles. The lowest BCUT2D eigenvalue weighted by atomic mass is 11.8. The van der Waals surface area contributed by atoms with Crippen molar-refractivity contribution in [1.82, 2.24) is 0 Å². The lowest BCUT2D eigenvalue weighted by Crippen LogP contribution is -2.21. The van der Waals surface area contributed by atoms with E-state index in [1.54, 1.807) is 27.6 Å². The third kappa shape index (κ3) is 8.45. The van der Waals surface area contributed by atoms with Gasteiger partial charge in [0.1, 0.15) is 0 Å². The molecule has 0 N–H and O–H groups in total. The highest BCUT2D eigenvalue weighted by molar-refractivity contribution is 7.79. The topological polar surface area (TPSA) is 27.7 Å². The Bertz CT molecular complexity index is 37.3. The summed E-state index contributed by atoms with van der Waals surface area (Å²) in [6, 6.07) is 0. The predicted octanol–water partition coefficient (Wildman–Crippen LogP) is 0.189. The minimum atomic E-state index is -1.67. The van der Waals surface area contributed by atoms with Crippen LogP contribution in [0.4, 0.5) is 0 Å². The lowest BCUT2D eigenvalue weighted by Gasteiger charge is -2.05. The van der Waals surface area contributed by atoms with Crippen LogP contribution in [0.3, 0.4) is 0 Å². The predicted molar refractivity (Wildman–Crippen MR) is 43.1 cm³/mol. The van der Waals surface area contributed by atoms with Gasteiger partial charge >= 0.3 is 9.53 Å². The van der Waals surface area contributed by atoms with Crippen molar-refractivity contribution in [3.63, 3.8) is 0 Å². The van der Waals surface area contributed by atoms with Crippen LogP contribution in [0.25, 0.3) is 0 Å². The molecule has 0 heterocycles. The molecule has 3 nitrogen and oxygen atoms in total. The minimum absolute atomic E-state index is 1.57. The molecular weight excluding hydrogens is 156 g/mol. The Morgan fingerprint density at radius 3 is 1.11 bits per heavy atom. The zero-order valence-electron chi connectivity index (χ0n) is 6.25. The Balaban J connectivity index is 0. The molecule has 0 saturated heterocycles. The first-order valence-electron chi connectivity index (χ1n) is 2.38.